The molecule has 0 bridgehead atoms. The first-order valence-electron chi connectivity index (χ1n) is 4.83. The van der Waals surface area contributed by atoms with Crippen molar-refractivity contribution in [3.05, 3.63) is 58.6 Å². The third-order valence-electron chi connectivity index (χ3n) is 2.13. The molecule has 0 amide bonds. The van der Waals surface area contributed by atoms with Gasteiger partial charge in [0.2, 0.25) is 0 Å². The van der Waals surface area contributed by atoms with Crippen LogP contribution in [0.15, 0.2) is 53.0 Å². The highest BCUT2D eigenvalue weighted by molar-refractivity contribution is 9.10. The molecule has 2 aromatic carbocycles. The molecule has 0 saturated carbocycles. The summed E-state index contributed by atoms with van der Waals surface area (Å²) in [6.07, 6.45) is 0. The van der Waals surface area contributed by atoms with Crippen LogP contribution in [0.1, 0.15) is 5.56 Å². The second-order valence-corrected chi connectivity index (χ2v) is 4.42. The Morgan fingerprint density at radius 1 is 0.933 bits per heavy atom. The molecule has 0 saturated heterocycles. The van der Waals surface area contributed by atoms with Crippen LogP contribution in [0.5, 0.6) is 0 Å². The molecule has 2 aromatic rings. The van der Waals surface area contributed by atoms with Crippen molar-refractivity contribution in [3.63, 3.8) is 0 Å². The lowest BCUT2D eigenvalue weighted by Crippen LogP contribution is -1.89. The molecule has 0 atom stereocenters. The maximum absolute atomic E-state index is 3.45. The highest BCUT2D eigenvalue weighted by Gasteiger charge is 1.95. The van der Waals surface area contributed by atoms with Crippen LogP contribution in [0, 0.1) is 6.92 Å². The van der Waals surface area contributed by atoms with Crippen LogP contribution in [0.3, 0.4) is 0 Å². The van der Waals surface area contributed by atoms with Gasteiger partial charge in [-0.05, 0) is 42.8 Å². The minimum absolute atomic E-state index is 1.08. The van der Waals surface area contributed by atoms with E-state index in [0.29, 0.717) is 0 Å². The fourth-order valence-electron chi connectivity index (χ4n) is 1.46. The van der Waals surface area contributed by atoms with Crippen molar-refractivity contribution in [1.82, 2.24) is 0 Å². The van der Waals surface area contributed by atoms with E-state index >= 15 is 0 Å². The molecule has 2 heteroatoms. The Hall–Kier alpha value is -1.28. The maximum atomic E-state index is 3.45. The van der Waals surface area contributed by atoms with E-state index in [1.165, 1.54) is 5.56 Å². The summed E-state index contributed by atoms with van der Waals surface area (Å²) < 4.78 is 1.08. The number of rotatable bonds is 2. The Morgan fingerprint density at radius 3 is 2.27 bits per heavy atom. The Morgan fingerprint density at radius 2 is 1.60 bits per heavy atom. The van der Waals surface area contributed by atoms with Crippen molar-refractivity contribution in [2.45, 2.75) is 6.92 Å². The third kappa shape index (κ3) is 2.83. The molecule has 0 aliphatic heterocycles. The fraction of sp³-hybridized carbons (Fsp3) is 0.0769. The third-order valence-corrected chi connectivity index (χ3v) is 2.62. The number of nitrogens with one attached hydrogen (secondary N) is 1. The molecule has 0 unspecified atom stereocenters. The van der Waals surface area contributed by atoms with Gasteiger partial charge in [0.05, 0.1) is 0 Å². The van der Waals surface area contributed by atoms with Gasteiger partial charge in [-0.25, -0.2) is 0 Å². The highest BCUT2D eigenvalue weighted by Crippen LogP contribution is 2.20. The SMILES string of the molecule is Cc1cccc(Nc2cccc(Br)c2)c1. The molecular weight excluding hydrogens is 250 g/mol. The summed E-state index contributed by atoms with van der Waals surface area (Å²) in [5.41, 5.74) is 3.47. The molecule has 0 radical (unpaired) electrons. The molecule has 1 N–H and O–H groups in total. The van der Waals surface area contributed by atoms with Gasteiger partial charge in [0.1, 0.15) is 0 Å². The number of anilines is 2. The second-order valence-electron chi connectivity index (χ2n) is 3.50. The lowest BCUT2D eigenvalue weighted by molar-refractivity contribution is 1.45. The van der Waals surface area contributed by atoms with Crippen molar-refractivity contribution >= 4 is 27.3 Å². The second kappa shape index (κ2) is 4.49. The quantitative estimate of drug-likeness (QED) is 0.840. The summed E-state index contributed by atoms with van der Waals surface area (Å²) >= 11 is 3.45. The van der Waals surface area contributed by atoms with Gasteiger partial charge >= 0.3 is 0 Å². The lowest BCUT2D eigenvalue weighted by atomic mass is 10.2. The van der Waals surface area contributed by atoms with E-state index in [2.05, 4.69) is 58.5 Å². The summed E-state index contributed by atoms with van der Waals surface area (Å²) in [6, 6.07) is 16.5. The first-order valence-corrected chi connectivity index (χ1v) is 5.62. The predicted octanol–water partition coefficient (Wildman–Crippen LogP) is 4.50. The minimum atomic E-state index is 1.08. The Balaban J connectivity index is 2.22. The summed E-state index contributed by atoms with van der Waals surface area (Å²) in [5, 5.41) is 3.36. The summed E-state index contributed by atoms with van der Waals surface area (Å²) in [4.78, 5) is 0. The summed E-state index contributed by atoms with van der Waals surface area (Å²) in [6.45, 7) is 2.09. The van der Waals surface area contributed by atoms with Gasteiger partial charge in [0.25, 0.3) is 0 Å². The molecule has 0 fully saturated rings. The van der Waals surface area contributed by atoms with Crippen LogP contribution in [0.4, 0.5) is 11.4 Å². The zero-order valence-electron chi connectivity index (χ0n) is 8.50. The summed E-state index contributed by atoms with van der Waals surface area (Å²) in [7, 11) is 0. The van der Waals surface area contributed by atoms with Gasteiger partial charge in [-0.2, -0.15) is 0 Å². The maximum Gasteiger partial charge on any atom is 0.0395 e. The van der Waals surface area contributed by atoms with Crippen molar-refractivity contribution in [3.8, 4) is 0 Å². The number of halogens is 1. The van der Waals surface area contributed by atoms with Crippen molar-refractivity contribution in [2.75, 3.05) is 5.32 Å². The number of hydrogen-bond donors (Lipinski definition) is 1. The molecule has 0 heterocycles. The number of benzene rings is 2. The van der Waals surface area contributed by atoms with Gasteiger partial charge in [0.15, 0.2) is 0 Å². The molecule has 0 spiro atoms. The molecule has 2 rings (SSSR count). The van der Waals surface area contributed by atoms with Crippen molar-refractivity contribution < 1.29 is 0 Å². The molecule has 15 heavy (non-hydrogen) atoms. The Kier molecular flexibility index (Phi) is 3.07. The van der Waals surface area contributed by atoms with Crippen molar-refractivity contribution in [1.29, 1.82) is 0 Å². The highest BCUT2D eigenvalue weighted by atomic mass is 79.9. The lowest BCUT2D eigenvalue weighted by Gasteiger charge is -2.07. The minimum Gasteiger partial charge on any atom is -0.355 e. The monoisotopic (exact) mass is 261 g/mol. The van der Waals surface area contributed by atoms with E-state index in [9.17, 15) is 0 Å². The molecule has 0 aromatic heterocycles. The van der Waals surface area contributed by atoms with Crippen LogP contribution in [-0.4, -0.2) is 0 Å². The molecule has 0 aliphatic rings. The smallest absolute Gasteiger partial charge is 0.0395 e. The van der Waals surface area contributed by atoms with E-state index < -0.39 is 0 Å². The van der Waals surface area contributed by atoms with E-state index in [1.54, 1.807) is 0 Å². The average Bonchev–Trinajstić information content (AvgIpc) is 2.17. The first-order chi connectivity index (χ1) is 7.24. The van der Waals surface area contributed by atoms with Gasteiger partial charge < -0.3 is 5.32 Å². The topological polar surface area (TPSA) is 12.0 Å². The zero-order valence-corrected chi connectivity index (χ0v) is 10.1. The normalized spacial score (nSPS) is 10.0. The Labute approximate surface area is 98.3 Å². The molecule has 0 aliphatic carbocycles. The van der Waals surface area contributed by atoms with Gasteiger partial charge in [0, 0.05) is 15.8 Å². The molecule has 1 nitrogen and oxygen atoms in total. The average molecular weight is 262 g/mol. The molecular formula is C13H12BrN. The zero-order chi connectivity index (χ0) is 10.7. The standard InChI is InChI=1S/C13H12BrN/c1-10-4-2-6-12(8-10)15-13-7-3-5-11(14)9-13/h2-9,15H,1H3. The van der Waals surface area contributed by atoms with E-state index in [1.807, 2.05) is 18.2 Å². The number of aryl methyl sites for hydroxylation is 1. The van der Waals surface area contributed by atoms with E-state index in [4.69, 9.17) is 0 Å². The molecule has 76 valence electrons. The van der Waals surface area contributed by atoms with Crippen LogP contribution in [-0.2, 0) is 0 Å². The predicted molar refractivity (Wildman–Crippen MR) is 68.6 cm³/mol. The van der Waals surface area contributed by atoms with Crippen molar-refractivity contribution in [2.24, 2.45) is 0 Å². The van der Waals surface area contributed by atoms with Gasteiger partial charge in [-0.1, -0.05) is 34.1 Å². The van der Waals surface area contributed by atoms with Crippen LogP contribution >= 0.6 is 15.9 Å². The fourth-order valence-corrected chi connectivity index (χ4v) is 1.85. The Bertz CT molecular complexity index is 422. The van der Waals surface area contributed by atoms with E-state index in [-0.39, 0.29) is 0 Å². The first kappa shape index (κ1) is 10.2. The van der Waals surface area contributed by atoms with E-state index in [0.717, 1.165) is 15.8 Å². The number of hydrogen-bond acceptors (Lipinski definition) is 1. The van der Waals surface area contributed by atoms with Crippen LogP contribution < -0.4 is 5.32 Å². The van der Waals surface area contributed by atoms with Crippen LogP contribution in [0.25, 0.3) is 0 Å². The summed E-state index contributed by atoms with van der Waals surface area (Å²) in [5.74, 6) is 0. The van der Waals surface area contributed by atoms with Gasteiger partial charge in [-0.3, -0.25) is 0 Å². The van der Waals surface area contributed by atoms with Crippen LogP contribution in [0.2, 0.25) is 0 Å². The van der Waals surface area contributed by atoms with Gasteiger partial charge in [-0.15, -0.1) is 0 Å². The largest absolute Gasteiger partial charge is 0.355 e.